The number of nitrogens with zero attached hydrogens (tertiary/aromatic N) is 1. The summed E-state index contributed by atoms with van der Waals surface area (Å²) in [7, 11) is 1.99. The molecule has 2 atom stereocenters. The molecule has 0 aromatic carbocycles. The number of carbonyl (C=O) groups is 1. The summed E-state index contributed by atoms with van der Waals surface area (Å²) in [4.78, 5) is 13.4. The first-order valence-corrected chi connectivity index (χ1v) is 5.54. The van der Waals surface area contributed by atoms with Crippen molar-refractivity contribution in [1.82, 2.24) is 4.90 Å². The molecule has 0 amide bonds. The Labute approximate surface area is 85.1 Å². The predicted molar refractivity (Wildman–Crippen MR) is 54.2 cm³/mol. The number of carboxylic acids is 1. The summed E-state index contributed by atoms with van der Waals surface area (Å²) >= 11 is 0. The van der Waals surface area contributed by atoms with Crippen LogP contribution < -0.4 is 0 Å². The minimum Gasteiger partial charge on any atom is -0.480 e. The van der Waals surface area contributed by atoms with Crippen molar-refractivity contribution >= 4 is 5.97 Å². The van der Waals surface area contributed by atoms with Gasteiger partial charge in [0.1, 0.15) is 5.54 Å². The maximum Gasteiger partial charge on any atom is 0.324 e. The molecule has 2 fully saturated rings. The van der Waals surface area contributed by atoms with Gasteiger partial charge in [-0.05, 0) is 45.1 Å². The lowest BCUT2D eigenvalue weighted by Crippen LogP contribution is -2.63. The van der Waals surface area contributed by atoms with Crippen LogP contribution in [0.15, 0.2) is 0 Å². The van der Waals surface area contributed by atoms with E-state index in [1.807, 2.05) is 7.05 Å². The van der Waals surface area contributed by atoms with E-state index < -0.39 is 11.5 Å². The second-order valence-electron chi connectivity index (χ2n) is 4.92. The van der Waals surface area contributed by atoms with Gasteiger partial charge in [0.2, 0.25) is 0 Å². The molecule has 0 saturated heterocycles. The fourth-order valence-corrected chi connectivity index (χ4v) is 2.77. The highest BCUT2D eigenvalue weighted by Crippen LogP contribution is 2.43. The number of aliphatic carboxylic acids is 1. The van der Waals surface area contributed by atoms with Gasteiger partial charge < -0.3 is 5.11 Å². The lowest BCUT2D eigenvalue weighted by Gasteiger charge is -2.53. The first-order valence-electron chi connectivity index (χ1n) is 5.54. The maximum absolute atomic E-state index is 11.3. The molecule has 1 N–H and O–H groups in total. The average Bonchev–Trinajstić information content (AvgIpc) is 1.98. The van der Waals surface area contributed by atoms with Gasteiger partial charge in [-0.2, -0.15) is 0 Å². The van der Waals surface area contributed by atoms with E-state index in [1.165, 1.54) is 12.8 Å². The summed E-state index contributed by atoms with van der Waals surface area (Å²) in [5.74, 6) is 0.0576. The fraction of sp³-hybridized carbons (Fsp3) is 0.909. The van der Waals surface area contributed by atoms with Crippen LogP contribution >= 0.6 is 0 Å². The van der Waals surface area contributed by atoms with Gasteiger partial charge in [0, 0.05) is 6.04 Å². The molecular formula is C11H19NO2. The third-order valence-electron chi connectivity index (χ3n) is 4.33. The normalized spacial score (nSPS) is 34.8. The van der Waals surface area contributed by atoms with Crippen molar-refractivity contribution in [3.05, 3.63) is 0 Å². The highest BCUT2D eigenvalue weighted by molar-refractivity contribution is 5.80. The zero-order chi connectivity index (χ0) is 10.3. The Morgan fingerprint density at radius 3 is 2.29 bits per heavy atom. The Kier molecular flexibility index (Phi) is 2.30. The molecule has 3 heteroatoms. The molecule has 2 unspecified atom stereocenters. The van der Waals surface area contributed by atoms with Crippen molar-refractivity contribution in [1.29, 1.82) is 0 Å². The number of hydrogen-bond acceptors (Lipinski definition) is 2. The lowest BCUT2D eigenvalue weighted by atomic mass is 9.71. The van der Waals surface area contributed by atoms with Crippen LogP contribution in [0, 0.1) is 5.92 Å². The molecule has 0 bridgehead atoms. The maximum atomic E-state index is 11.3. The van der Waals surface area contributed by atoms with Crippen LogP contribution in [0.25, 0.3) is 0 Å². The van der Waals surface area contributed by atoms with E-state index in [0.717, 1.165) is 19.3 Å². The second kappa shape index (κ2) is 3.23. The Balaban J connectivity index is 2.08. The number of rotatable bonds is 3. The summed E-state index contributed by atoms with van der Waals surface area (Å²) in [5, 5.41) is 9.27. The van der Waals surface area contributed by atoms with E-state index in [-0.39, 0.29) is 0 Å². The van der Waals surface area contributed by atoms with E-state index in [0.29, 0.717) is 12.0 Å². The van der Waals surface area contributed by atoms with Crippen LogP contribution in [0.5, 0.6) is 0 Å². The molecule has 2 aliphatic carbocycles. The van der Waals surface area contributed by atoms with Gasteiger partial charge in [0.25, 0.3) is 0 Å². The number of likely N-dealkylation sites (N-methyl/N-ethyl adjacent to an activating group) is 1. The molecule has 0 heterocycles. The fourth-order valence-electron chi connectivity index (χ4n) is 2.77. The topological polar surface area (TPSA) is 40.5 Å². The minimum atomic E-state index is -0.620. The summed E-state index contributed by atoms with van der Waals surface area (Å²) in [6.45, 7) is 2.22. The molecule has 0 aromatic rings. The first kappa shape index (κ1) is 9.97. The molecule has 2 rings (SSSR count). The predicted octanol–water partition coefficient (Wildman–Crippen LogP) is 1.72. The molecule has 0 aliphatic heterocycles. The van der Waals surface area contributed by atoms with Crippen molar-refractivity contribution in [2.24, 2.45) is 5.92 Å². The lowest BCUT2D eigenvalue weighted by molar-refractivity contribution is -0.162. The van der Waals surface area contributed by atoms with Crippen molar-refractivity contribution in [3.8, 4) is 0 Å². The van der Waals surface area contributed by atoms with Crippen LogP contribution in [0.3, 0.4) is 0 Å². The van der Waals surface area contributed by atoms with E-state index in [4.69, 9.17) is 0 Å². The molecule has 80 valence electrons. The van der Waals surface area contributed by atoms with Crippen LogP contribution in [-0.4, -0.2) is 34.6 Å². The summed E-state index contributed by atoms with van der Waals surface area (Å²) < 4.78 is 0. The minimum absolute atomic E-state index is 0.506. The second-order valence-corrected chi connectivity index (χ2v) is 4.92. The molecule has 2 aliphatic rings. The highest BCUT2D eigenvalue weighted by Gasteiger charge is 2.51. The van der Waals surface area contributed by atoms with Crippen molar-refractivity contribution in [2.75, 3.05) is 7.05 Å². The molecule has 0 spiro atoms. The third-order valence-corrected chi connectivity index (χ3v) is 4.33. The van der Waals surface area contributed by atoms with E-state index in [1.54, 1.807) is 0 Å². The van der Waals surface area contributed by atoms with Gasteiger partial charge in [0.05, 0.1) is 0 Å². The Bertz CT molecular complexity index is 248. The van der Waals surface area contributed by atoms with Gasteiger partial charge in [-0.25, -0.2) is 0 Å². The van der Waals surface area contributed by atoms with Gasteiger partial charge in [-0.15, -0.1) is 0 Å². The average molecular weight is 197 g/mol. The quantitative estimate of drug-likeness (QED) is 0.749. The largest absolute Gasteiger partial charge is 0.480 e. The molecule has 3 nitrogen and oxygen atoms in total. The standard InChI is InChI=1S/C11H19NO2/c1-8-4-5-9(8)12(2)11(10(13)14)6-3-7-11/h8-9H,3-7H2,1-2H3,(H,13,14). The van der Waals surface area contributed by atoms with Crippen molar-refractivity contribution < 1.29 is 9.90 Å². The Morgan fingerprint density at radius 1 is 1.43 bits per heavy atom. The zero-order valence-electron chi connectivity index (χ0n) is 8.99. The van der Waals surface area contributed by atoms with Crippen LogP contribution in [0.2, 0.25) is 0 Å². The van der Waals surface area contributed by atoms with Gasteiger partial charge in [0.15, 0.2) is 0 Å². The first-order chi connectivity index (χ1) is 6.58. The monoisotopic (exact) mass is 197 g/mol. The summed E-state index contributed by atoms with van der Waals surface area (Å²) in [6, 6.07) is 0.506. The Morgan fingerprint density at radius 2 is 2.07 bits per heavy atom. The number of hydrogen-bond donors (Lipinski definition) is 1. The molecule has 0 radical (unpaired) electrons. The SMILES string of the molecule is CC1CCC1N(C)C1(C(=O)O)CCC1. The van der Waals surface area contributed by atoms with Crippen LogP contribution in [0.1, 0.15) is 39.0 Å². The van der Waals surface area contributed by atoms with Crippen LogP contribution in [-0.2, 0) is 4.79 Å². The van der Waals surface area contributed by atoms with E-state index in [9.17, 15) is 9.90 Å². The summed E-state index contributed by atoms with van der Waals surface area (Å²) in [6.07, 6.45) is 5.17. The third kappa shape index (κ3) is 1.18. The molecule has 14 heavy (non-hydrogen) atoms. The highest BCUT2D eigenvalue weighted by atomic mass is 16.4. The van der Waals surface area contributed by atoms with E-state index >= 15 is 0 Å². The molecule has 2 saturated carbocycles. The Hall–Kier alpha value is -0.570. The van der Waals surface area contributed by atoms with Gasteiger partial charge in [-0.3, -0.25) is 9.69 Å². The van der Waals surface area contributed by atoms with E-state index in [2.05, 4.69) is 11.8 Å². The van der Waals surface area contributed by atoms with Crippen molar-refractivity contribution in [2.45, 2.75) is 50.6 Å². The van der Waals surface area contributed by atoms with Crippen LogP contribution in [0.4, 0.5) is 0 Å². The molecular weight excluding hydrogens is 178 g/mol. The summed E-state index contributed by atoms with van der Waals surface area (Å²) in [5.41, 5.74) is -0.515. The van der Waals surface area contributed by atoms with Gasteiger partial charge in [-0.1, -0.05) is 6.92 Å². The van der Waals surface area contributed by atoms with Crippen molar-refractivity contribution in [3.63, 3.8) is 0 Å². The van der Waals surface area contributed by atoms with Gasteiger partial charge >= 0.3 is 5.97 Å². The zero-order valence-corrected chi connectivity index (χ0v) is 8.99. The number of carboxylic acid groups (broad SMARTS) is 1. The smallest absolute Gasteiger partial charge is 0.324 e. The molecule has 0 aromatic heterocycles.